The number of rotatable bonds is 3. The van der Waals surface area contributed by atoms with Crippen molar-refractivity contribution in [1.82, 2.24) is 14.8 Å². The standard InChI is InChI=1S/C16H20ClN3/c1-16(7-3-2-4-8-16)12-20-11-13(10-19-20)14-6-5-9-18-15(14)17/h5-6,9-11H,2-4,7-8,12H2,1H3. The Hall–Kier alpha value is -1.35. The van der Waals surface area contributed by atoms with Gasteiger partial charge in [0.1, 0.15) is 5.15 Å². The van der Waals surface area contributed by atoms with Crippen LogP contribution in [0.2, 0.25) is 5.15 Å². The van der Waals surface area contributed by atoms with Crippen LogP contribution < -0.4 is 0 Å². The second kappa shape index (κ2) is 5.57. The van der Waals surface area contributed by atoms with Crippen LogP contribution in [0.4, 0.5) is 0 Å². The highest BCUT2D eigenvalue weighted by atomic mass is 35.5. The summed E-state index contributed by atoms with van der Waals surface area (Å²) in [6.07, 6.45) is 12.4. The van der Waals surface area contributed by atoms with Crippen LogP contribution in [0.1, 0.15) is 39.0 Å². The lowest BCUT2D eigenvalue weighted by atomic mass is 9.76. The molecule has 3 rings (SSSR count). The van der Waals surface area contributed by atoms with Crippen LogP contribution in [-0.4, -0.2) is 14.8 Å². The number of hydrogen-bond donors (Lipinski definition) is 0. The van der Waals surface area contributed by atoms with Crippen molar-refractivity contribution in [1.29, 1.82) is 0 Å². The van der Waals surface area contributed by atoms with Gasteiger partial charge in [0.2, 0.25) is 0 Å². The summed E-state index contributed by atoms with van der Waals surface area (Å²) in [5, 5.41) is 5.04. The topological polar surface area (TPSA) is 30.7 Å². The molecule has 0 atom stereocenters. The highest BCUT2D eigenvalue weighted by Gasteiger charge is 2.27. The molecule has 0 radical (unpaired) electrons. The molecule has 20 heavy (non-hydrogen) atoms. The van der Waals surface area contributed by atoms with Gasteiger partial charge in [0.05, 0.1) is 6.20 Å². The first kappa shape index (κ1) is 13.6. The number of nitrogens with zero attached hydrogens (tertiary/aromatic N) is 3. The van der Waals surface area contributed by atoms with Crippen LogP contribution in [0, 0.1) is 5.41 Å². The van der Waals surface area contributed by atoms with Gasteiger partial charge in [-0.25, -0.2) is 4.98 Å². The number of pyridine rings is 1. The van der Waals surface area contributed by atoms with Crippen molar-refractivity contribution in [2.24, 2.45) is 5.41 Å². The molecule has 0 spiro atoms. The first-order chi connectivity index (χ1) is 9.66. The highest BCUT2D eigenvalue weighted by Crippen LogP contribution is 2.37. The first-order valence-corrected chi connectivity index (χ1v) is 7.67. The van der Waals surface area contributed by atoms with Crippen molar-refractivity contribution in [2.75, 3.05) is 0 Å². The largest absolute Gasteiger partial charge is 0.272 e. The second-order valence-electron chi connectivity index (χ2n) is 6.14. The van der Waals surface area contributed by atoms with E-state index in [9.17, 15) is 0 Å². The van der Waals surface area contributed by atoms with Gasteiger partial charge in [0.15, 0.2) is 0 Å². The van der Waals surface area contributed by atoms with Gasteiger partial charge in [-0.3, -0.25) is 4.68 Å². The molecule has 0 aromatic carbocycles. The van der Waals surface area contributed by atoms with E-state index in [1.165, 1.54) is 32.1 Å². The molecule has 1 aliphatic rings. The molecular weight excluding hydrogens is 270 g/mol. The minimum atomic E-state index is 0.389. The third kappa shape index (κ3) is 2.88. The van der Waals surface area contributed by atoms with E-state index in [-0.39, 0.29) is 0 Å². The summed E-state index contributed by atoms with van der Waals surface area (Å²) in [6.45, 7) is 3.37. The molecule has 2 heterocycles. The molecule has 3 nitrogen and oxygen atoms in total. The van der Waals surface area contributed by atoms with Gasteiger partial charge in [-0.2, -0.15) is 5.10 Å². The number of aromatic nitrogens is 3. The lowest BCUT2D eigenvalue weighted by Gasteiger charge is -2.33. The van der Waals surface area contributed by atoms with E-state index in [2.05, 4.69) is 27.9 Å². The summed E-state index contributed by atoms with van der Waals surface area (Å²) in [6, 6.07) is 3.89. The van der Waals surface area contributed by atoms with E-state index in [4.69, 9.17) is 11.6 Å². The molecule has 0 bridgehead atoms. The molecule has 2 aromatic rings. The van der Waals surface area contributed by atoms with E-state index >= 15 is 0 Å². The van der Waals surface area contributed by atoms with Gasteiger partial charge in [0.25, 0.3) is 0 Å². The van der Waals surface area contributed by atoms with Crippen molar-refractivity contribution >= 4 is 11.6 Å². The van der Waals surface area contributed by atoms with Crippen LogP contribution in [0.25, 0.3) is 11.1 Å². The predicted octanol–water partition coefficient (Wildman–Crippen LogP) is 4.57. The van der Waals surface area contributed by atoms with Gasteiger partial charge in [-0.05, 0) is 30.4 Å². The summed E-state index contributed by atoms with van der Waals surface area (Å²) in [7, 11) is 0. The minimum absolute atomic E-state index is 0.389. The fourth-order valence-electron chi connectivity index (χ4n) is 3.15. The summed E-state index contributed by atoms with van der Waals surface area (Å²) in [4.78, 5) is 4.12. The maximum Gasteiger partial charge on any atom is 0.136 e. The summed E-state index contributed by atoms with van der Waals surface area (Å²) in [5.74, 6) is 0. The fourth-order valence-corrected chi connectivity index (χ4v) is 3.37. The molecule has 1 fully saturated rings. The Labute approximate surface area is 125 Å². The maximum atomic E-state index is 6.14. The van der Waals surface area contributed by atoms with Gasteiger partial charge in [-0.1, -0.05) is 37.8 Å². The number of halogens is 1. The Morgan fingerprint density at radius 1 is 1.30 bits per heavy atom. The Morgan fingerprint density at radius 3 is 2.85 bits per heavy atom. The summed E-state index contributed by atoms with van der Waals surface area (Å²) >= 11 is 6.14. The highest BCUT2D eigenvalue weighted by molar-refractivity contribution is 6.32. The third-order valence-corrected chi connectivity index (χ3v) is 4.61. The Bertz CT molecular complexity index is 585. The zero-order valence-electron chi connectivity index (χ0n) is 11.8. The van der Waals surface area contributed by atoms with Crippen LogP contribution in [0.5, 0.6) is 0 Å². The Kier molecular flexibility index (Phi) is 3.79. The second-order valence-corrected chi connectivity index (χ2v) is 6.50. The lowest BCUT2D eigenvalue weighted by Crippen LogP contribution is -2.26. The third-order valence-electron chi connectivity index (χ3n) is 4.31. The molecule has 106 valence electrons. The average Bonchev–Trinajstić information content (AvgIpc) is 2.87. The van der Waals surface area contributed by atoms with Crippen molar-refractivity contribution in [3.8, 4) is 11.1 Å². The molecule has 1 saturated carbocycles. The SMILES string of the molecule is CC1(Cn2cc(-c3cccnc3Cl)cn2)CCCCC1. The molecular formula is C16H20ClN3. The summed E-state index contributed by atoms with van der Waals surface area (Å²) < 4.78 is 2.06. The average molecular weight is 290 g/mol. The molecule has 0 aliphatic heterocycles. The molecule has 2 aromatic heterocycles. The fraction of sp³-hybridized carbons (Fsp3) is 0.500. The molecule has 0 amide bonds. The van der Waals surface area contributed by atoms with Crippen LogP contribution in [-0.2, 0) is 6.54 Å². The molecule has 4 heteroatoms. The normalized spacial score (nSPS) is 18.1. The van der Waals surface area contributed by atoms with E-state index in [0.29, 0.717) is 10.6 Å². The zero-order valence-corrected chi connectivity index (χ0v) is 12.6. The van der Waals surface area contributed by atoms with Crippen LogP contribution >= 0.6 is 11.6 Å². The van der Waals surface area contributed by atoms with E-state index in [1.807, 2.05) is 18.3 Å². The first-order valence-electron chi connectivity index (χ1n) is 7.30. The molecule has 0 unspecified atom stereocenters. The van der Waals surface area contributed by atoms with Crippen molar-refractivity contribution in [2.45, 2.75) is 45.6 Å². The van der Waals surface area contributed by atoms with Crippen molar-refractivity contribution < 1.29 is 0 Å². The predicted molar refractivity (Wildman–Crippen MR) is 81.7 cm³/mol. The van der Waals surface area contributed by atoms with Crippen molar-refractivity contribution in [3.63, 3.8) is 0 Å². The van der Waals surface area contributed by atoms with Gasteiger partial charge < -0.3 is 0 Å². The van der Waals surface area contributed by atoms with Gasteiger partial charge >= 0.3 is 0 Å². The Balaban J connectivity index is 1.79. The van der Waals surface area contributed by atoms with E-state index in [1.54, 1.807) is 6.20 Å². The van der Waals surface area contributed by atoms with Gasteiger partial charge in [-0.15, -0.1) is 0 Å². The Morgan fingerprint density at radius 2 is 2.10 bits per heavy atom. The van der Waals surface area contributed by atoms with Crippen molar-refractivity contribution in [3.05, 3.63) is 35.9 Å². The van der Waals surface area contributed by atoms with E-state index < -0.39 is 0 Å². The minimum Gasteiger partial charge on any atom is -0.272 e. The molecule has 0 saturated heterocycles. The maximum absolute atomic E-state index is 6.14. The van der Waals surface area contributed by atoms with Gasteiger partial charge in [0, 0.05) is 30.1 Å². The van der Waals surface area contributed by atoms with E-state index in [0.717, 1.165) is 17.7 Å². The summed E-state index contributed by atoms with van der Waals surface area (Å²) in [5.41, 5.74) is 2.39. The van der Waals surface area contributed by atoms with Crippen LogP contribution in [0.15, 0.2) is 30.7 Å². The smallest absolute Gasteiger partial charge is 0.136 e. The van der Waals surface area contributed by atoms with Crippen LogP contribution in [0.3, 0.4) is 0 Å². The molecule has 0 N–H and O–H groups in total. The number of hydrogen-bond acceptors (Lipinski definition) is 2. The monoisotopic (exact) mass is 289 g/mol. The zero-order chi connectivity index (χ0) is 14.0. The quantitative estimate of drug-likeness (QED) is 0.775. The molecule has 1 aliphatic carbocycles. The lowest BCUT2D eigenvalue weighted by molar-refractivity contribution is 0.176.